The van der Waals surface area contributed by atoms with Gasteiger partial charge in [0, 0.05) is 11.1 Å². The van der Waals surface area contributed by atoms with E-state index in [0.29, 0.717) is 0 Å². The lowest BCUT2D eigenvalue weighted by molar-refractivity contribution is 1.46. The normalized spacial score (nSPS) is 9.95. The Bertz CT molecular complexity index is 632. The molecule has 0 saturated carbocycles. The second kappa shape index (κ2) is 6.42. The van der Waals surface area contributed by atoms with Crippen LogP contribution in [0, 0.1) is 18.8 Å². The summed E-state index contributed by atoms with van der Waals surface area (Å²) in [5.41, 5.74) is 4.24. The average molecular weight is 244 g/mol. The van der Waals surface area contributed by atoms with Crippen LogP contribution in [0.15, 0.2) is 72.8 Å². The lowest BCUT2D eigenvalue weighted by atomic mass is 10.1. The molecule has 0 unspecified atom stereocenters. The van der Waals surface area contributed by atoms with Crippen molar-refractivity contribution < 1.29 is 0 Å². The second-order valence-corrected chi connectivity index (χ2v) is 4.39. The van der Waals surface area contributed by atoms with Crippen LogP contribution in [0.25, 0.3) is 6.08 Å². The molecule has 0 aromatic heterocycles. The van der Waals surface area contributed by atoms with Crippen molar-refractivity contribution in [2.45, 2.75) is 6.92 Å². The Kier molecular flexibility index (Phi) is 4.37. The van der Waals surface area contributed by atoms with E-state index < -0.39 is 0 Å². The summed E-state index contributed by atoms with van der Waals surface area (Å²) >= 11 is 0. The fourth-order valence-electron chi connectivity index (χ4n) is 1.59. The topological polar surface area (TPSA) is 0 Å². The van der Waals surface area contributed by atoms with Crippen molar-refractivity contribution in [1.29, 1.82) is 0 Å². The molecule has 2 rings (SSSR count). The third-order valence-electron chi connectivity index (χ3n) is 2.70. The van der Waals surface area contributed by atoms with Gasteiger partial charge in [0.1, 0.15) is 0 Å². The first-order chi connectivity index (χ1) is 9.24. The van der Waals surface area contributed by atoms with Crippen LogP contribution in [-0.4, -0.2) is 0 Å². The van der Waals surface area contributed by atoms with Crippen molar-refractivity contribution in [2.24, 2.45) is 0 Å². The van der Waals surface area contributed by atoms with Gasteiger partial charge in [-0.05, 0) is 30.7 Å². The number of hydrogen-bond donors (Lipinski definition) is 0. The molecule has 0 spiro atoms. The van der Waals surface area contributed by atoms with Gasteiger partial charge in [-0.1, -0.05) is 72.5 Å². The molecule has 0 saturated heterocycles. The van der Waals surface area contributed by atoms with E-state index in [0.717, 1.165) is 16.7 Å². The third-order valence-corrected chi connectivity index (χ3v) is 2.70. The molecule has 19 heavy (non-hydrogen) atoms. The van der Waals surface area contributed by atoms with Gasteiger partial charge in [0.25, 0.3) is 0 Å². The van der Waals surface area contributed by atoms with Gasteiger partial charge in [0.05, 0.1) is 0 Å². The molecule has 0 radical (unpaired) electrons. The standard InChI is InChI=1S/C19H16/c1-16(8-12-18-6-4-3-5-7-18)9-13-19-14-10-17(2)11-15-19/h3-7,9-11,13-15H,1H2,2H3/b13-9+. The molecule has 0 aliphatic carbocycles. The second-order valence-electron chi connectivity index (χ2n) is 4.39. The smallest absolute Gasteiger partial charge is 0.0249 e. The highest BCUT2D eigenvalue weighted by molar-refractivity contribution is 5.56. The summed E-state index contributed by atoms with van der Waals surface area (Å²) in [6, 6.07) is 18.3. The predicted octanol–water partition coefficient (Wildman–Crippen LogP) is 4.62. The van der Waals surface area contributed by atoms with Gasteiger partial charge in [-0.3, -0.25) is 0 Å². The zero-order chi connectivity index (χ0) is 13.5. The van der Waals surface area contributed by atoms with Gasteiger partial charge < -0.3 is 0 Å². The molecule has 0 atom stereocenters. The minimum absolute atomic E-state index is 0.810. The Morgan fingerprint density at radius 3 is 2.37 bits per heavy atom. The summed E-state index contributed by atoms with van der Waals surface area (Å²) in [7, 11) is 0. The van der Waals surface area contributed by atoms with Crippen LogP contribution < -0.4 is 0 Å². The molecule has 0 heterocycles. The van der Waals surface area contributed by atoms with Crippen LogP contribution in [-0.2, 0) is 0 Å². The molecule has 0 aliphatic heterocycles. The minimum atomic E-state index is 0.810. The number of hydrogen-bond acceptors (Lipinski definition) is 0. The van der Waals surface area contributed by atoms with Gasteiger partial charge in [0.15, 0.2) is 0 Å². The Hall–Kier alpha value is -2.52. The largest absolute Gasteiger partial charge is 0.0833 e. The molecule has 0 aliphatic rings. The molecule has 2 aromatic rings. The maximum absolute atomic E-state index is 3.94. The van der Waals surface area contributed by atoms with Crippen molar-refractivity contribution in [3.05, 3.63) is 89.5 Å². The van der Waals surface area contributed by atoms with E-state index in [2.05, 4.69) is 49.6 Å². The van der Waals surface area contributed by atoms with Crippen molar-refractivity contribution in [3.63, 3.8) is 0 Å². The first-order valence-corrected chi connectivity index (χ1v) is 6.25. The Morgan fingerprint density at radius 2 is 1.68 bits per heavy atom. The van der Waals surface area contributed by atoms with Crippen LogP contribution in [0.2, 0.25) is 0 Å². The Labute approximate surface area is 115 Å². The molecule has 0 amide bonds. The van der Waals surface area contributed by atoms with Crippen molar-refractivity contribution >= 4 is 6.08 Å². The number of allylic oxidation sites excluding steroid dienone is 2. The Balaban J connectivity index is 2.02. The quantitative estimate of drug-likeness (QED) is 0.534. The predicted molar refractivity (Wildman–Crippen MR) is 82.7 cm³/mol. The summed E-state index contributed by atoms with van der Waals surface area (Å²) in [5.74, 6) is 6.14. The summed E-state index contributed by atoms with van der Waals surface area (Å²) < 4.78 is 0. The highest BCUT2D eigenvalue weighted by Crippen LogP contribution is 2.06. The molecular weight excluding hydrogens is 228 g/mol. The molecule has 2 aromatic carbocycles. The zero-order valence-corrected chi connectivity index (χ0v) is 11.1. The Morgan fingerprint density at radius 1 is 1.00 bits per heavy atom. The number of rotatable bonds is 2. The molecular formula is C19H16. The molecule has 0 nitrogen and oxygen atoms in total. The van der Waals surface area contributed by atoms with Crippen molar-refractivity contribution in [1.82, 2.24) is 0 Å². The van der Waals surface area contributed by atoms with Gasteiger partial charge in [-0.15, -0.1) is 0 Å². The van der Waals surface area contributed by atoms with Gasteiger partial charge in [0.2, 0.25) is 0 Å². The average Bonchev–Trinajstić information content (AvgIpc) is 2.45. The number of benzene rings is 2. The third kappa shape index (κ3) is 4.33. The minimum Gasteiger partial charge on any atom is -0.0833 e. The van der Waals surface area contributed by atoms with E-state index in [9.17, 15) is 0 Å². The van der Waals surface area contributed by atoms with Gasteiger partial charge >= 0.3 is 0 Å². The highest BCUT2D eigenvalue weighted by atomic mass is 13.9. The van der Waals surface area contributed by atoms with E-state index in [4.69, 9.17) is 0 Å². The van der Waals surface area contributed by atoms with Crippen LogP contribution >= 0.6 is 0 Å². The van der Waals surface area contributed by atoms with Crippen LogP contribution in [0.5, 0.6) is 0 Å². The molecule has 92 valence electrons. The monoisotopic (exact) mass is 244 g/mol. The van der Waals surface area contributed by atoms with Crippen LogP contribution in [0.1, 0.15) is 16.7 Å². The molecule has 0 N–H and O–H groups in total. The number of aryl methyl sites for hydroxylation is 1. The zero-order valence-electron chi connectivity index (χ0n) is 11.1. The van der Waals surface area contributed by atoms with E-state index >= 15 is 0 Å². The van der Waals surface area contributed by atoms with Gasteiger partial charge in [-0.25, -0.2) is 0 Å². The van der Waals surface area contributed by atoms with Crippen LogP contribution in [0.4, 0.5) is 0 Å². The van der Waals surface area contributed by atoms with E-state index in [1.165, 1.54) is 5.56 Å². The van der Waals surface area contributed by atoms with E-state index in [-0.39, 0.29) is 0 Å². The molecule has 0 bridgehead atoms. The summed E-state index contributed by atoms with van der Waals surface area (Å²) in [4.78, 5) is 0. The van der Waals surface area contributed by atoms with Crippen LogP contribution in [0.3, 0.4) is 0 Å². The van der Waals surface area contributed by atoms with Crippen molar-refractivity contribution in [2.75, 3.05) is 0 Å². The molecule has 0 fully saturated rings. The first-order valence-electron chi connectivity index (χ1n) is 6.25. The highest BCUT2D eigenvalue weighted by Gasteiger charge is 1.87. The van der Waals surface area contributed by atoms with E-state index in [1.54, 1.807) is 0 Å². The summed E-state index contributed by atoms with van der Waals surface area (Å²) in [5, 5.41) is 0. The fourth-order valence-corrected chi connectivity index (χ4v) is 1.59. The fraction of sp³-hybridized carbons (Fsp3) is 0.0526. The summed E-state index contributed by atoms with van der Waals surface area (Å²) in [6.07, 6.45) is 3.97. The lowest BCUT2D eigenvalue weighted by Gasteiger charge is -1.94. The lowest BCUT2D eigenvalue weighted by Crippen LogP contribution is -1.75. The van der Waals surface area contributed by atoms with Crippen molar-refractivity contribution in [3.8, 4) is 11.8 Å². The SMILES string of the molecule is C=C(C#Cc1ccccc1)/C=C/c1ccc(C)cc1. The first kappa shape index (κ1) is 12.9. The summed E-state index contributed by atoms with van der Waals surface area (Å²) in [6.45, 7) is 6.02. The van der Waals surface area contributed by atoms with Gasteiger partial charge in [-0.2, -0.15) is 0 Å². The van der Waals surface area contributed by atoms with E-state index in [1.807, 2.05) is 42.5 Å². The maximum atomic E-state index is 3.94. The molecule has 0 heteroatoms. The maximum Gasteiger partial charge on any atom is 0.0249 e.